The molecule has 1 rings (SSSR count). The van der Waals surface area contributed by atoms with Crippen molar-refractivity contribution >= 4 is 5.91 Å². The van der Waals surface area contributed by atoms with Gasteiger partial charge in [-0.1, -0.05) is 0 Å². The van der Waals surface area contributed by atoms with Gasteiger partial charge < -0.3 is 5.73 Å². The second-order valence-corrected chi connectivity index (χ2v) is 1.32. The number of nitrogens with two attached hydrogens (primary N) is 1. The fourth-order valence-electron chi connectivity index (χ4n) is 0.375. The summed E-state index contributed by atoms with van der Waals surface area (Å²) in [6.45, 7) is 0. The van der Waals surface area contributed by atoms with Gasteiger partial charge in [0.2, 0.25) is 0 Å². The third-order valence-corrected chi connectivity index (χ3v) is 0.760. The summed E-state index contributed by atoms with van der Waals surface area (Å²) in [5.74, 6) is -0.455. The highest BCUT2D eigenvalue weighted by Crippen LogP contribution is 1.88. The lowest BCUT2D eigenvalue weighted by molar-refractivity contribution is 0.100. The van der Waals surface area contributed by atoms with Crippen molar-refractivity contribution in [1.82, 2.24) is 10.2 Å². The molecule has 8 heavy (non-hydrogen) atoms. The largest absolute Gasteiger partial charge is 0.366 e. The standard InChI is InChI=1S/C4H5N3O/c5-4(8)3-1-6-7-2-3/h1-2H,(H2,5,8)(H,6,7)/i/hD. The molecule has 0 atom stereocenters. The predicted octanol–water partition coefficient (Wildman–Crippen LogP) is -0.491. The van der Waals surface area contributed by atoms with Crippen LogP contribution < -0.4 is 5.73 Å². The Morgan fingerprint density at radius 2 is 3.00 bits per heavy atom. The SMILES string of the molecule is [2H]NC(=O)c1cn[nH]c1. The van der Waals surface area contributed by atoms with Crippen molar-refractivity contribution < 1.29 is 6.21 Å². The molecule has 0 radical (unpaired) electrons. The maximum Gasteiger partial charge on any atom is 0.251 e. The van der Waals surface area contributed by atoms with Crippen molar-refractivity contribution in [3.05, 3.63) is 18.0 Å². The van der Waals surface area contributed by atoms with Crippen LogP contribution in [-0.2, 0) is 0 Å². The number of nitrogens with one attached hydrogen (secondary N) is 1. The van der Waals surface area contributed by atoms with Crippen LogP contribution in [0.25, 0.3) is 0 Å². The van der Waals surface area contributed by atoms with Crippen LogP contribution in [0.1, 0.15) is 10.4 Å². The molecular formula is C4H5N3O. The van der Waals surface area contributed by atoms with Gasteiger partial charge in [-0.2, -0.15) is 5.10 Å². The summed E-state index contributed by atoms with van der Waals surface area (Å²) in [5.41, 5.74) is 2.08. The van der Waals surface area contributed by atoms with Crippen molar-refractivity contribution in [3.63, 3.8) is 0 Å². The minimum atomic E-state index is -0.455. The second kappa shape index (κ2) is 1.65. The number of primary amides is 1. The van der Waals surface area contributed by atoms with Gasteiger partial charge in [0.1, 0.15) is 0 Å². The number of aromatic nitrogens is 2. The zero-order valence-corrected chi connectivity index (χ0v) is 4.01. The minimum absolute atomic E-state index is 0.366. The van der Waals surface area contributed by atoms with Crippen LogP contribution in [0, 0.1) is 0 Å². The van der Waals surface area contributed by atoms with E-state index in [0.29, 0.717) is 5.56 Å². The maximum atomic E-state index is 10.5. The Kier molecular flexibility index (Phi) is 0.754. The quantitative estimate of drug-likeness (QED) is 0.514. The highest BCUT2D eigenvalue weighted by Gasteiger charge is 1.96. The summed E-state index contributed by atoms with van der Waals surface area (Å²) in [4.78, 5) is 10.5. The first-order chi connectivity index (χ1) is 4.34. The molecule has 1 amide bonds. The summed E-state index contributed by atoms with van der Waals surface area (Å²) in [5, 5.41) is 5.97. The number of carbonyl (C=O) groups excluding carboxylic acids is 1. The summed E-state index contributed by atoms with van der Waals surface area (Å²) < 4.78 is 6.44. The van der Waals surface area contributed by atoms with E-state index in [1.165, 1.54) is 12.4 Å². The zero-order valence-electron chi connectivity index (χ0n) is 5.01. The number of hydrogen-bond donors (Lipinski definition) is 2. The third kappa shape index (κ3) is 0.676. The molecule has 1 aromatic heterocycles. The molecule has 0 aliphatic heterocycles. The Bertz CT molecular complexity index is 196. The number of nitrogens with zero attached hydrogens (tertiary/aromatic N) is 1. The highest BCUT2D eigenvalue weighted by molar-refractivity contribution is 5.92. The average Bonchev–Trinajstić information content (AvgIpc) is 2.37. The average molecular weight is 112 g/mol. The Morgan fingerprint density at radius 3 is 3.50 bits per heavy atom. The van der Waals surface area contributed by atoms with Gasteiger partial charge in [-0.3, -0.25) is 9.89 Å². The molecule has 42 valence electrons. The van der Waals surface area contributed by atoms with Gasteiger partial charge in [0.15, 0.2) is 1.41 Å². The molecule has 0 unspecified atom stereocenters. The van der Waals surface area contributed by atoms with Crippen LogP contribution >= 0.6 is 0 Å². The summed E-state index contributed by atoms with van der Waals surface area (Å²) in [7, 11) is 0. The van der Waals surface area contributed by atoms with E-state index in [0.717, 1.165) is 0 Å². The van der Waals surface area contributed by atoms with Gasteiger partial charge in [-0.15, -0.1) is 0 Å². The molecule has 0 aliphatic carbocycles. The second-order valence-electron chi connectivity index (χ2n) is 1.32. The van der Waals surface area contributed by atoms with Gasteiger partial charge in [0.25, 0.3) is 5.91 Å². The van der Waals surface area contributed by atoms with Crippen LogP contribution in [0.4, 0.5) is 0 Å². The van der Waals surface area contributed by atoms with E-state index in [-0.39, 0.29) is 0 Å². The lowest BCUT2D eigenvalue weighted by Crippen LogP contribution is -2.09. The Hall–Kier alpha value is -1.32. The maximum absolute atomic E-state index is 10.5. The van der Waals surface area contributed by atoms with E-state index in [4.69, 9.17) is 1.41 Å². The number of H-pyrrole nitrogens is 1. The van der Waals surface area contributed by atoms with Crippen molar-refractivity contribution in [2.45, 2.75) is 0 Å². The molecular weight excluding hydrogens is 106 g/mol. The van der Waals surface area contributed by atoms with Crippen molar-refractivity contribution in [3.8, 4) is 0 Å². The summed E-state index contributed by atoms with van der Waals surface area (Å²) >= 11 is 0. The smallest absolute Gasteiger partial charge is 0.251 e. The van der Waals surface area contributed by atoms with Crippen LogP contribution in [0.2, 0.25) is 1.41 Å². The lowest BCUT2D eigenvalue weighted by Gasteiger charge is -1.78. The fraction of sp³-hybridized carbons (Fsp3) is 0. The summed E-state index contributed by atoms with van der Waals surface area (Å²) in [6, 6.07) is 0. The van der Waals surface area contributed by atoms with Crippen LogP contribution in [0.3, 0.4) is 0 Å². The normalized spacial score (nSPS) is 10.2. The molecule has 4 nitrogen and oxygen atoms in total. The van der Waals surface area contributed by atoms with E-state index >= 15 is 0 Å². The summed E-state index contributed by atoms with van der Waals surface area (Å²) in [6.07, 6.45) is 2.77. The monoisotopic (exact) mass is 112 g/mol. The van der Waals surface area contributed by atoms with E-state index in [1.54, 1.807) is 5.73 Å². The van der Waals surface area contributed by atoms with Crippen LogP contribution in [-0.4, -0.2) is 16.1 Å². The molecule has 0 aromatic carbocycles. The molecule has 0 bridgehead atoms. The number of rotatable bonds is 1. The Morgan fingerprint density at radius 1 is 2.12 bits per heavy atom. The number of amides is 1. The van der Waals surface area contributed by atoms with Gasteiger partial charge in [0.05, 0.1) is 11.8 Å². The van der Waals surface area contributed by atoms with E-state index in [9.17, 15) is 4.79 Å². The topological polar surface area (TPSA) is 71.8 Å². The number of aromatic amines is 1. The third-order valence-electron chi connectivity index (χ3n) is 0.760. The van der Waals surface area contributed by atoms with E-state index < -0.39 is 5.91 Å². The molecule has 0 fully saturated rings. The molecule has 4 heteroatoms. The Balaban J connectivity index is 2.77. The predicted molar refractivity (Wildman–Crippen MR) is 27.1 cm³/mol. The first-order valence-corrected chi connectivity index (χ1v) is 2.05. The number of carbonyl (C=O) groups is 1. The molecule has 1 heterocycles. The van der Waals surface area contributed by atoms with E-state index in [2.05, 4.69) is 10.2 Å². The van der Waals surface area contributed by atoms with Crippen LogP contribution in [0.15, 0.2) is 12.4 Å². The van der Waals surface area contributed by atoms with Crippen molar-refractivity contribution in [2.24, 2.45) is 5.73 Å². The van der Waals surface area contributed by atoms with Gasteiger partial charge >= 0.3 is 0 Å². The fourth-order valence-corrected chi connectivity index (χ4v) is 0.375. The molecule has 0 saturated heterocycles. The first kappa shape index (κ1) is 3.65. The Labute approximate surface area is 47.2 Å². The molecule has 3 N–H and O–H groups in total. The number of hydrogen-bond acceptors (Lipinski definition) is 2. The van der Waals surface area contributed by atoms with Crippen molar-refractivity contribution in [1.29, 1.82) is 0 Å². The highest BCUT2D eigenvalue weighted by atomic mass is 16.1. The minimum Gasteiger partial charge on any atom is -0.366 e. The first-order valence-electron chi connectivity index (χ1n) is 2.55. The molecule has 0 saturated carbocycles. The van der Waals surface area contributed by atoms with Gasteiger partial charge in [-0.05, 0) is 0 Å². The molecule has 1 aromatic rings. The van der Waals surface area contributed by atoms with Gasteiger partial charge in [-0.25, -0.2) is 0 Å². The van der Waals surface area contributed by atoms with E-state index in [1.807, 2.05) is 0 Å². The van der Waals surface area contributed by atoms with Gasteiger partial charge in [0, 0.05) is 6.20 Å². The lowest BCUT2D eigenvalue weighted by atomic mass is 10.4. The van der Waals surface area contributed by atoms with Crippen LogP contribution in [0.5, 0.6) is 0 Å². The molecule has 0 aliphatic rings. The molecule has 0 spiro atoms. The zero-order chi connectivity index (χ0) is 6.69. The van der Waals surface area contributed by atoms with Crippen molar-refractivity contribution in [2.75, 3.05) is 0 Å².